The summed E-state index contributed by atoms with van der Waals surface area (Å²) in [7, 11) is 0. The molecule has 1 unspecified atom stereocenters. The summed E-state index contributed by atoms with van der Waals surface area (Å²) >= 11 is 0. The van der Waals surface area contributed by atoms with Crippen molar-refractivity contribution in [3.8, 4) is 0 Å². The molecule has 3 N–H and O–H groups in total. The summed E-state index contributed by atoms with van der Waals surface area (Å²) in [6.45, 7) is 3.53. The summed E-state index contributed by atoms with van der Waals surface area (Å²) in [6, 6.07) is 6.65. The van der Waals surface area contributed by atoms with Crippen molar-refractivity contribution in [3.63, 3.8) is 0 Å². The Morgan fingerprint density at radius 2 is 1.96 bits per heavy atom. The van der Waals surface area contributed by atoms with E-state index in [9.17, 15) is 9.18 Å². The van der Waals surface area contributed by atoms with E-state index in [1.807, 2.05) is 6.07 Å². The lowest BCUT2D eigenvalue weighted by atomic mass is 10.0. The number of nitrogens with two attached hydrogens (primary N) is 1. The van der Waals surface area contributed by atoms with Crippen LogP contribution >= 0.6 is 0 Å². The lowest BCUT2D eigenvalue weighted by Gasteiger charge is -2.17. The van der Waals surface area contributed by atoms with Gasteiger partial charge < -0.3 is 15.7 Å². The summed E-state index contributed by atoms with van der Waals surface area (Å²) in [5.41, 5.74) is 6.67. The number of nitrogens with zero attached hydrogens (tertiary/aromatic N) is 1. The predicted molar refractivity (Wildman–Crippen MR) is 88.6 cm³/mol. The van der Waals surface area contributed by atoms with Crippen molar-refractivity contribution in [1.29, 1.82) is 0 Å². The van der Waals surface area contributed by atoms with E-state index < -0.39 is 5.97 Å². The van der Waals surface area contributed by atoms with Gasteiger partial charge in [-0.2, -0.15) is 0 Å². The number of likely N-dealkylation sites (tertiary alicyclic amines) is 1. The molecule has 2 aliphatic rings. The van der Waals surface area contributed by atoms with Gasteiger partial charge in [-0.15, -0.1) is 0 Å². The van der Waals surface area contributed by atoms with E-state index in [0.29, 0.717) is 5.56 Å². The number of carbonyl (C=O) groups is 1. The van der Waals surface area contributed by atoms with Crippen LogP contribution in [0.3, 0.4) is 0 Å². The van der Waals surface area contributed by atoms with Crippen LogP contribution in [0, 0.1) is 11.7 Å². The Bertz CT molecular complexity index is 500. The molecule has 0 amide bonds. The Labute approximate surface area is 137 Å². The van der Waals surface area contributed by atoms with Crippen molar-refractivity contribution >= 4 is 5.97 Å². The van der Waals surface area contributed by atoms with Gasteiger partial charge in [-0.3, -0.25) is 4.79 Å². The van der Waals surface area contributed by atoms with Crippen LogP contribution in [0.4, 0.5) is 4.39 Å². The Morgan fingerprint density at radius 1 is 1.30 bits per heavy atom. The average molecular weight is 322 g/mol. The standard InChI is InChI=1S/C14H21FN2.C4H6O2/c15-13-7-2-1-6-12(13)14(16)8-5-11-17-9-3-4-10-17;5-4(6)3-1-2-3/h1-2,6-7,14H,3-5,8-11,16H2;3H,1-2H2,(H,5,6). The molecule has 1 aromatic rings. The van der Waals surface area contributed by atoms with Gasteiger partial charge >= 0.3 is 5.97 Å². The van der Waals surface area contributed by atoms with E-state index in [1.54, 1.807) is 12.1 Å². The molecule has 1 aliphatic carbocycles. The molecule has 1 aromatic carbocycles. The maximum atomic E-state index is 13.5. The zero-order valence-corrected chi connectivity index (χ0v) is 13.6. The second-order valence-electron chi connectivity index (χ2n) is 6.43. The predicted octanol–water partition coefficient (Wildman–Crippen LogP) is 3.18. The van der Waals surface area contributed by atoms with E-state index in [0.717, 1.165) is 32.2 Å². The van der Waals surface area contributed by atoms with Gasteiger partial charge in [0.1, 0.15) is 5.82 Å². The third kappa shape index (κ3) is 6.28. The molecule has 1 heterocycles. The monoisotopic (exact) mass is 322 g/mol. The highest BCUT2D eigenvalue weighted by Crippen LogP contribution is 2.28. The number of rotatable bonds is 6. The van der Waals surface area contributed by atoms with Crippen LogP contribution in [0.1, 0.15) is 50.1 Å². The second kappa shape index (κ2) is 8.99. The molecule has 128 valence electrons. The Kier molecular flexibility index (Phi) is 6.99. The van der Waals surface area contributed by atoms with E-state index >= 15 is 0 Å². The zero-order valence-electron chi connectivity index (χ0n) is 13.6. The maximum absolute atomic E-state index is 13.5. The Balaban J connectivity index is 0.000000268. The minimum Gasteiger partial charge on any atom is -0.481 e. The fraction of sp³-hybridized carbons (Fsp3) is 0.611. The molecular formula is C18H27FN2O2. The molecule has 0 radical (unpaired) electrons. The number of aliphatic carboxylic acids is 1. The lowest BCUT2D eigenvalue weighted by molar-refractivity contribution is -0.138. The third-order valence-electron chi connectivity index (χ3n) is 4.42. The number of hydrogen-bond donors (Lipinski definition) is 2. The van der Waals surface area contributed by atoms with Gasteiger partial charge in [0.2, 0.25) is 0 Å². The van der Waals surface area contributed by atoms with Gasteiger partial charge in [0.05, 0.1) is 5.92 Å². The normalized spacial score (nSPS) is 19.0. The SMILES string of the molecule is NC(CCCN1CCCC1)c1ccccc1F.O=C(O)C1CC1. The third-order valence-corrected chi connectivity index (χ3v) is 4.42. The van der Waals surface area contributed by atoms with Gasteiger partial charge in [0.15, 0.2) is 0 Å². The van der Waals surface area contributed by atoms with E-state index in [1.165, 1.54) is 32.0 Å². The minimum atomic E-state index is -0.630. The van der Waals surface area contributed by atoms with Gasteiger partial charge in [0.25, 0.3) is 0 Å². The number of hydrogen-bond acceptors (Lipinski definition) is 3. The van der Waals surface area contributed by atoms with Crippen LogP contribution < -0.4 is 5.73 Å². The van der Waals surface area contributed by atoms with Crippen LogP contribution in [0.15, 0.2) is 24.3 Å². The molecule has 0 spiro atoms. The summed E-state index contributed by atoms with van der Waals surface area (Å²) in [6.07, 6.45) is 6.34. The molecule has 5 heteroatoms. The van der Waals surface area contributed by atoms with Gasteiger partial charge in [-0.05, 0) is 64.2 Å². The van der Waals surface area contributed by atoms with Crippen LogP contribution in [0.2, 0.25) is 0 Å². The molecule has 2 fully saturated rings. The number of carboxylic acid groups (broad SMARTS) is 1. The van der Waals surface area contributed by atoms with Gasteiger partial charge in [-0.25, -0.2) is 4.39 Å². The topological polar surface area (TPSA) is 66.6 Å². The maximum Gasteiger partial charge on any atom is 0.306 e. The van der Waals surface area contributed by atoms with E-state index in [4.69, 9.17) is 10.8 Å². The largest absolute Gasteiger partial charge is 0.481 e. The molecule has 0 bridgehead atoms. The molecule has 1 atom stereocenters. The highest BCUT2D eigenvalue weighted by Gasteiger charge is 2.28. The van der Waals surface area contributed by atoms with Gasteiger partial charge in [-0.1, -0.05) is 18.2 Å². The van der Waals surface area contributed by atoms with E-state index in [-0.39, 0.29) is 17.8 Å². The first-order chi connectivity index (χ1) is 11.1. The second-order valence-corrected chi connectivity index (χ2v) is 6.43. The lowest BCUT2D eigenvalue weighted by Crippen LogP contribution is -2.22. The number of carboxylic acids is 1. The molecule has 3 rings (SSSR count). The summed E-state index contributed by atoms with van der Waals surface area (Å²) in [4.78, 5) is 12.2. The molecule has 23 heavy (non-hydrogen) atoms. The number of benzene rings is 1. The summed E-state index contributed by atoms with van der Waals surface area (Å²) in [5.74, 6) is -0.791. The number of halogens is 1. The van der Waals surface area contributed by atoms with Crippen LogP contribution in [0.5, 0.6) is 0 Å². The zero-order chi connectivity index (χ0) is 16.7. The minimum absolute atomic E-state index is 0.0185. The first kappa shape index (κ1) is 17.9. The fourth-order valence-electron chi connectivity index (χ4n) is 2.80. The van der Waals surface area contributed by atoms with E-state index in [2.05, 4.69) is 4.90 Å². The molecule has 1 saturated heterocycles. The quantitative estimate of drug-likeness (QED) is 0.844. The van der Waals surface area contributed by atoms with Crippen LogP contribution in [-0.4, -0.2) is 35.6 Å². The molecule has 1 aliphatic heterocycles. The average Bonchev–Trinajstić information content (AvgIpc) is 3.27. The summed E-state index contributed by atoms with van der Waals surface area (Å²) in [5, 5.41) is 8.05. The smallest absolute Gasteiger partial charge is 0.306 e. The molecule has 0 aromatic heterocycles. The first-order valence-electron chi connectivity index (χ1n) is 8.53. The van der Waals surface area contributed by atoms with Crippen molar-refractivity contribution in [3.05, 3.63) is 35.6 Å². The summed E-state index contributed by atoms with van der Waals surface area (Å²) < 4.78 is 13.5. The van der Waals surface area contributed by atoms with Crippen molar-refractivity contribution in [2.45, 2.75) is 44.6 Å². The van der Waals surface area contributed by atoms with Crippen molar-refractivity contribution in [1.82, 2.24) is 4.90 Å². The molecule has 1 saturated carbocycles. The van der Waals surface area contributed by atoms with Crippen molar-refractivity contribution < 1.29 is 14.3 Å². The highest BCUT2D eigenvalue weighted by atomic mass is 19.1. The Morgan fingerprint density at radius 3 is 2.48 bits per heavy atom. The van der Waals surface area contributed by atoms with Gasteiger partial charge in [0, 0.05) is 11.6 Å². The molecular weight excluding hydrogens is 295 g/mol. The van der Waals surface area contributed by atoms with Crippen molar-refractivity contribution in [2.24, 2.45) is 11.7 Å². The van der Waals surface area contributed by atoms with Crippen LogP contribution in [0.25, 0.3) is 0 Å². The van der Waals surface area contributed by atoms with Crippen molar-refractivity contribution in [2.75, 3.05) is 19.6 Å². The first-order valence-corrected chi connectivity index (χ1v) is 8.53. The van der Waals surface area contributed by atoms with Crippen LogP contribution in [-0.2, 0) is 4.79 Å². The fourth-order valence-corrected chi connectivity index (χ4v) is 2.80. The highest BCUT2D eigenvalue weighted by molar-refractivity contribution is 5.72. The Hall–Kier alpha value is -1.46. The molecule has 4 nitrogen and oxygen atoms in total.